The minimum absolute atomic E-state index is 0.0188. The first-order valence-corrected chi connectivity index (χ1v) is 10.8. The molecule has 2 saturated heterocycles. The van der Waals surface area contributed by atoms with Gasteiger partial charge in [0.25, 0.3) is 5.91 Å². The average molecular weight is 417 g/mol. The lowest BCUT2D eigenvalue weighted by Gasteiger charge is -2.35. The summed E-state index contributed by atoms with van der Waals surface area (Å²) in [6.45, 7) is 0.384. The second-order valence-corrected chi connectivity index (χ2v) is 9.01. The number of sulfonamides is 1. The lowest BCUT2D eigenvalue weighted by atomic mass is 10.1. The molecule has 9 heteroatoms. The Balaban J connectivity index is 1.45. The minimum atomic E-state index is -3.80. The Morgan fingerprint density at radius 3 is 2.28 bits per heavy atom. The quantitative estimate of drug-likeness (QED) is 0.716. The van der Waals surface area contributed by atoms with Crippen LogP contribution in [-0.4, -0.2) is 55.2 Å². The van der Waals surface area contributed by atoms with E-state index in [1.165, 1.54) is 27.4 Å². The third kappa shape index (κ3) is 3.63. The molecule has 0 N–H and O–H groups in total. The molecular weight excluding hydrogens is 397 g/mol. The summed E-state index contributed by atoms with van der Waals surface area (Å²) < 4.78 is 40.2. The molecule has 3 amide bonds. The maximum absolute atomic E-state index is 13.4. The van der Waals surface area contributed by atoms with Crippen molar-refractivity contribution in [2.45, 2.75) is 23.8 Å². The minimum Gasteiger partial charge on any atom is -0.312 e. The molecule has 0 radical (unpaired) electrons. The van der Waals surface area contributed by atoms with Crippen LogP contribution in [0.25, 0.3) is 0 Å². The SMILES string of the molecule is O=C1CN(C2CCN(S(=O)(=O)c3cccc(F)c3)CC2)C(=O)N1c1ccccc1. The van der Waals surface area contributed by atoms with Gasteiger partial charge in [0.1, 0.15) is 12.4 Å². The highest BCUT2D eigenvalue weighted by Gasteiger charge is 2.42. The van der Waals surface area contributed by atoms with Crippen molar-refractivity contribution in [2.24, 2.45) is 0 Å². The van der Waals surface area contributed by atoms with Gasteiger partial charge >= 0.3 is 6.03 Å². The zero-order valence-electron chi connectivity index (χ0n) is 15.6. The van der Waals surface area contributed by atoms with Crippen LogP contribution in [-0.2, 0) is 14.8 Å². The molecule has 2 aliphatic heterocycles. The number of urea groups is 1. The van der Waals surface area contributed by atoms with Gasteiger partial charge in [0.05, 0.1) is 10.6 Å². The van der Waals surface area contributed by atoms with E-state index in [9.17, 15) is 22.4 Å². The van der Waals surface area contributed by atoms with Gasteiger partial charge in [-0.15, -0.1) is 0 Å². The Bertz CT molecular complexity index is 1040. The Hall–Kier alpha value is -2.78. The average Bonchev–Trinajstić information content (AvgIpc) is 3.03. The fraction of sp³-hybridized carbons (Fsp3) is 0.300. The molecule has 2 aromatic carbocycles. The van der Waals surface area contributed by atoms with Crippen LogP contribution in [0.1, 0.15) is 12.8 Å². The molecule has 0 spiro atoms. The predicted molar refractivity (Wildman–Crippen MR) is 104 cm³/mol. The first-order valence-electron chi connectivity index (χ1n) is 9.32. The van der Waals surface area contributed by atoms with E-state index in [-0.39, 0.29) is 42.5 Å². The standard InChI is InChI=1S/C20H20FN3O4S/c21-15-5-4-8-18(13-15)29(27,28)22-11-9-16(10-12-22)23-14-19(25)24(20(23)26)17-6-2-1-3-7-17/h1-8,13,16H,9-12,14H2. The molecule has 2 aromatic rings. The van der Waals surface area contributed by atoms with E-state index in [0.29, 0.717) is 18.5 Å². The van der Waals surface area contributed by atoms with Crippen LogP contribution in [0.4, 0.5) is 14.9 Å². The van der Waals surface area contributed by atoms with Crippen molar-refractivity contribution in [1.29, 1.82) is 0 Å². The zero-order valence-corrected chi connectivity index (χ0v) is 16.4. The topological polar surface area (TPSA) is 78.0 Å². The van der Waals surface area contributed by atoms with Gasteiger partial charge in [0.2, 0.25) is 10.0 Å². The number of halogens is 1. The molecule has 152 valence electrons. The number of benzene rings is 2. The summed E-state index contributed by atoms with van der Waals surface area (Å²) in [7, 11) is -3.80. The van der Waals surface area contributed by atoms with E-state index in [0.717, 1.165) is 11.0 Å². The van der Waals surface area contributed by atoms with Crippen molar-refractivity contribution in [2.75, 3.05) is 24.5 Å². The number of anilines is 1. The van der Waals surface area contributed by atoms with Crippen molar-refractivity contribution < 1.29 is 22.4 Å². The normalized spacial score (nSPS) is 19.2. The number of carbonyl (C=O) groups excluding carboxylic acids is 2. The molecule has 0 aromatic heterocycles. The highest BCUT2D eigenvalue weighted by Crippen LogP contribution is 2.28. The van der Waals surface area contributed by atoms with E-state index in [4.69, 9.17) is 0 Å². The fourth-order valence-electron chi connectivity index (χ4n) is 3.81. The summed E-state index contributed by atoms with van der Waals surface area (Å²) in [5, 5.41) is 0. The Kier molecular flexibility index (Phi) is 5.10. The lowest BCUT2D eigenvalue weighted by molar-refractivity contribution is -0.116. The maximum Gasteiger partial charge on any atom is 0.332 e. The van der Waals surface area contributed by atoms with E-state index >= 15 is 0 Å². The zero-order chi connectivity index (χ0) is 20.6. The van der Waals surface area contributed by atoms with E-state index in [1.807, 2.05) is 0 Å². The number of rotatable bonds is 4. The van der Waals surface area contributed by atoms with E-state index in [2.05, 4.69) is 0 Å². The third-order valence-corrected chi connectivity index (χ3v) is 7.20. The number of hydrogen-bond acceptors (Lipinski definition) is 4. The number of hydrogen-bond donors (Lipinski definition) is 0. The molecule has 29 heavy (non-hydrogen) atoms. The van der Waals surface area contributed by atoms with Crippen molar-refractivity contribution in [3.63, 3.8) is 0 Å². The van der Waals surface area contributed by atoms with Crippen LogP contribution in [0.15, 0.2) is 59.5 Å². The molecule has 0 saturated carbocycles. The second kappa shape index (κ2) is 7.57. The van der Waals surface area contributed by atoms with Crippen LogP contribution < -0.4 is 4.90 Å². The molecule has 0 bridgehead atoms. The summed E-state index contributed by atoms with van der Waals surface area (Å²) in [5.74, 6) is -0.904. The van der Waals surface area contributed by atoms with Gasteiger partial charge in [-0.2, -0.15) is 4.31 Å². The molecule has 0 aliphatic carbocycles. The van der Waals surface area contributed by atoms with Crippen LogP contribution in [0.2, 0.25) is 0 Å². The first-order chi connectivity index (χ1) is 13.9. The van der Waals surface area contributed by atoms with Crippen LogP contribution >= 0.6 is 0 Å². The van der Waals surface area contributed by atoms with Crippen LogP contribution in [0.5, 0.6) is 0 Å². The summed E-state index contributed by atoms with van der Waals surface area (Å²) in [6.07, 6.45) is 0.826. The molecule has 2 aliphatic rings. The largest absolute Gasteiger partial charge is 0.332 e. The predicted octanol–water partition coefficient (Wildman–Crippen LogP) is 2.45. The highest BCUT2D eigenvalue weighted by atomic mass is 32.2. The number of nitrogens with zero attached hydrogens (tertiary/aromatic N) is 3. The summed E-state index contributed by atoms with van der Waals surface area (Å²) >= 11 is 0. The third-order valence-electron chi connectivity index (χ3n) is 5.30. The van der Waals surface area contributed by atoms with E-state index in [1.54, 1.807) is 30.3 Å². The Labute approximate surface area is 168 Å². The lowest BCUT2D eigenvalue weighted by Crippen LogP contribution is -2.48. The molecule has 0 atom stereocenters. The number of carbonyl (C=O) groups is 2. The van der Waals surface area contributed by atoms with Crippen molar-refractivity contribution in [3.8, 4) is 0 Å². The van der Waals surface area contributed by atoms with Gasteiger partial charge in [-0.25, -0.2) is 22.5 Å². The van der Waals surface area contributed by atoms with Crippen molar-refractivity contribution >= 4 is 27.6 Å². The number of imide groups is 1. The second-order valence-electron chi connectivity index (χ2n) is 7.07. The Morgan fingerprint density at radius 1 is 0.931 bits per heavy atom. The molecule has 7 nitrogen and oxygen atoms in total. The first kappa shape index (κ1) is 19.5. The molecule has 2 heterocycles. The van der Waals surface area contributed by atoms with Gasteiger partial charge in [-0.3, -0.25) is 4.79 Å². The maximum atomic E-state index is 13.4. The van der Waals surface area contributed by atoms with Gasteiger partial charge in [-0.1, -0.05) is 24.3 Å². The smallest absolute Gasteiger partial charge is 0.312 e. The number of amides is 3. The van der Waals surface area contributed by atoms with Crippen LogP contribution in [0, 0.1) is 5.82 Å². The van der Waals surface area contributed by atoms with Gasteiger partial charge in [0, 0.05) is 19.1 Å². The number of piperidine rings is 1. The van der Waals surface area contributed by atoms with Crippen molar-refractivity contribution in [3.05, 3.63) is 60.4 Å². The van der Waals surface area contributed by atoms with Gasteiger partial charge in [0.15, 0.2) is 0 Å². The van der Waals surface area contributed by atoms with Crippen LogP contribution in [0.3, 0.4) is 0 Å². The summed E-state index contributed by atoms with van der Waals surface area (Å²) in [5.41, 5.74) is 0.524. The monoisotopic (exact) mass is 417 g/mol. The summed E-state index contributed by atoms with van der Waals surface area (Å²) in [6, 6.07) is 13.0. The van der Waals surface area contributed by atoms with Gasteiger partial charge < -0.3 is 4.90 Å². The van der Waals surface area contributed by atoms with Crippen molar-refractivity contribution in [1.82, 2.24) is 9.21 Å². The van der Waals surface area contributed by atoms with E-state index < -0.39 is 15.8 Å². The highest BCUT2D eigenvalue weighted by molar-refractivity contribution is 7.89. The fourth-order valence-corrected chi connectivity index (χ4v) is 5.31. The Morgan fingerprint density at radius 2 is 1.62 bits per heavy atom. The molecular formula is C20H20FN3O4S. The summed E-state index contributed by atoms with van der Waals surface area (Å²) in [4.78, 5) is 27.8. The number of para-hydroxylation sites is 1. The van der Waals surface area contributed by atoms with Gasteiger partial charge in [-0.05, 0) is 43.2 Å². The molecule has 0 unspecified atom stereocenters. The molecule has 2 fully saturated rings. The molecule has 4 rings (SSSR count).